The zero-order chi connectivity index (χ0) is 14.8. The van der Waals surface area contributed by atoms with Crippen LogP contribution in [0.15, 0.2) is 16.8 Å². The molecule has 0 saturated heterocycles. The van der Waals surface area contributed by atoms with E-state index in [0.29, 0.717) is 6.61 Å². The molecule has 0 N–H and O–H groups in total. The van der Waals surface area contributed by atoms with Gasteiger partial charge in [0, 0.05) is 32.2 Å². The molecular formula is C16H23N3OS. The van der Waals surface area contributed by atoms with E-state index < -0.39 is 0 Å². The molecule has 0 radical (unpaired) electrons. The molecule has 0 spiro atoms. The maximum Gasteiger partial charge on any atom is 0.0917 e. The number of nitrogens with zero attached hydrogens (tertiary/aromatic N) is 3. The highest BCUT2D eigenvalue weighted by molar-refractivity contribution is 7.07. The summed E-state index contributed by atoms with van der Waals surface area (Å²) in [7, 11) is 2.05. The second-order valence-electron chi connectivity index (χ2n) is 5.95. The first-order chi connectivity index (χ1) is 10.1. The Morgan fingerprint density at radius 2 is 2.29 bits per heavy atom. The molecule has 0 fully saturated rings. The predicted molar refractivity (Wildman–Crippen MR) is 85.3 cm³/mol. The lowest BCUT2D eigenvalue weighted by molar-refractivity contribution is 0.0627. The highest BCUT2D eigenvalue weighted by atomic mass is 32.1. The lowest BCUT2D eigenvalue weighted by Gasteiger charge is -2.27. The Labute approximate surface area is 130 Å². The fourth-order valence-corrected chi connectivity index (χ4v) is 3.51. The van der Waals surface area contributed by atoms with Crippen molar-refractivity contribution in [1.82, 2.24) is 14.7 Å². The van der Waals surface area contributed by atoms with Crippen LogP contribution in [0.5, 0.6) is 0 Å². The van der Waals surface area contributed by atoms with E-state index in [2.05, 4.69) is 40.7 Å². The minimum absolute atomic E-state index is 0.251. The van der Waals surface area contributed by atoms with Gasteiger partial charge in [-0.2, -0.15) is 16.4 Å². The second-order valence-corrected chi connectivity index (χ2v) is 6.73. The van der Waals surface area contributed by atoms with Crippen LogP contribution in [0.4, 0.5) is 0 Å². The van der Waals surface area contributed by atoms with Crippen LogP contribution in [-0.2, 0) is 37.9 Å². The summed E-state index contributed by atoms with van der Waals surface area (Å²) in [5.74, 6) is 0. The molecule has 0 aromatic carbocycles. The quantitative estimate of drug-likeness (QED) is 0.851. The average Bonchev–Trinajstić information content (AvgIpc) is 3.06. The van der Waals surface area contributed by atoms with E-state index in [1.54, 1.807) is 11.3 Å². The lowest BCUT2D eigenvalue weighted by Crippen LogP contribution is -2.31. The number of fused-ring (bicyclic) bond motifs is 1. The molecular weight excluding hydrogens is 282 g/mol. The van der Waals surface area contributed by atoms with Crippen LogP contribution >= 0.6 is 11.3 Å². The average molecular weight is 305 g/mol. The summed E-state index contributed by atoms with van der Waals surface area (Å²) in [6.07, 6.45) is 1.32. The molecule has 0 unspecified atom stereocenters. The molecule has 0 bridgehead atoms. The Morgan fingerprint density at radius 3 is 3.00 bits per heavy atom. The van der Waals surface area contributed by atoms with Crippen LogP contribution in [0.3, 0.4) is 0 Å². The van der Waals surface area contributed by atoms with E-state index in [1.807, 2.05) is 11.7 Å². The molecule has 0 atom stereocenters. The van der Waals surface area contributed by atoms with Crippen molar-refractivity contribution in [3.63, 3.8) is 0 Å². The molecule has 114 valence electrons. The van der Waals surface area contributed by atoms with E-state index in [9.17, 15) is 0 Å². The molecule has 2 aromatic rings. The highest BCUT2D eigenvalue weighted by Gasteiger charge is 2.23. The third kappa shape index (κ3) is 3.36. The largest absolute Gasteiger partial charge is 0.372 e. The first kappa shape index (κ1) is 14.8. The van der Waals surface area contributed by atoms with Crippen LogP contribution in [0, 0.1) is 0 Å². The zero-order valence-electron chi connectivity index (χ0n) is 13.0. The fourth-order valence-electron chi connectivity index (χ4n) is 2.85. The number of rotatable bonds is 5. The minimum atomic E-state index is 0.251. The normalized spacial score (nSPS) is 15.6. The van der Waals surface area contributed by atoms with Crippen LogP contribution in [-0.4, -0.2) is 27.3 Å². The Balaban J connectivity index is 1.71. The molecule has 5 heteroatoms. The first-order valence-corrected chi connectivity index (χ1v) is 8.46. The molecule has 0 saturated carbocycles. The molecule has 0 aliphatic carbocycles. The van der Waals surface area contributed by atoms with Gasteiger partial charge in [-0.25, -0.2) is 0 Å². The predicted octanol–water partition coefficient (Wildman–Crippen LogP) is 2.96. The third-order valence-corrected chi connectivity index (χ3v) is 4.68. The number of ether oxygens (including phenoxy) is 1. The van der Waals surface area contributed by atoms with Gasteiger partial charge in [0.05, 0.1) is 24.1 Å². The molecule has 21 heavy (non-hydrogen) atoms. The number of hydrogen-bond donors (Lipinski definition) is 0. The van der Waals surface area contributed by atoms with E-state index in [1.165, 1.54) is 16.8 Å². The number of aromatic nitrogens is 2. The summed E-state index contributed by atoms with van der Waals surface area (Å²) >= 11 is 1.77. The Kier molecular flexibility index (Phi) is 4.42. The monoisotopic (exact) mass is 305 g/mol. The molecule has 1 aliphatic rings. The Hall–Kier alpha value is -1.17. The summed E-state index contributed by atoms with van der Waals surface area (Å²) < 4.78 is 7.77. The van der Waals surface area contributed by atoms with E-state index in [-0.39, 0.29) is 6.10 Å². The summed E-state index contributed by atoms with van der Waals surface area (Å²) in [5.41, 5.74) is 5.28. The molecule has 0 amide bonds. The number of aryl methyl sites for hydroxylation is 1. The van der Waals surface area contributed by atoms with Gasteiger partial charge in [0.25, 0.3) is 0 Å². The Morgan fingerprint density at radius 1 is 1.43 bits per heavy atom. The van der Waals surface area contributed by atoms with Gasteiger partial charge in [0.15, 0.2) is 0 Å². The molecule has 4 nitrogen and oxygen atoms in total. The fraction of sp³-hybridized carbons (Fsp3) is 0.562. The van der Waals surface area contributed by atoms with Gasteiger partial charge in [-0.05, 0) is 42.7 Å². The second kappa shape index (κ2) is 6.30. The molecule has 2 aromatic heterocycles. The van der Waals surface area contributed by atoms with Crippen molar-refractivity contribution >= 4 is 11.3 Å². The lowest BCUT2D eigenvalue weighted by atomic mass is 10.0. The third-order valence-electron chi connectivity index (χ3n) is 3.95. The van der Waals surface area contributed by atoms with Crippen molar-refractivity contribution in [2.24, 2.45) is 7.05 Å². The summed E-state index contributed by atoms with van der Waals surface area (Å²) in [4.78, 5) is 2.50. The summed E-state index contributed by atoms with van der Waals surface area (Å²) in [6, 6.07) is 2.21. The van der Waals surface area contributed by atoms with Crippen LogP contribution in [0.25, 0.3) is 0 Å². The number of hydrogen-bond acceptors (Lipinski definition) is 4. The van der Waals surface area contributed by atoms with Gasteiger partial charge in [-0.3, -0.25) is 9.58 Å². The van der Waals surface area contributed by atoms with Crippen molar-refractivity contribution in [3.8, 4) is 0 Å². The van der Waals surface area contributed by atoms with Gasteiger partial charge in [-0.1, -0.05) is 0 Å². The van der Waals surface area contributed by atoms with Gasteiger partial charge >= 0.3 is 0 Å². The van der Waals surface area contributed by atoms with Crippen LogP contribution in [0.2, 0.25) is 0 Å². The van der Waals surface area contributed by atoms with Crippen molar-refractivity contribution in [2.75, 3.05) is 6.54 Å². The maximum atomic E-state index is 5.73. The Bertz CT molecular complexity index is 589. The SMILES string of the molecule is CC(C)OCc1nn(C)c2c1CCN(Cc1ccsc1)C2. The van der Waals surface area contributed by atoms with Crippen LogP contribution in [0.1, 0.15) is 36.4 Å². The van der Waals surface area contributed by atoms with Gasteiger partial charge in [0.1, 0.15) is 0 Å². The van der Waals surface area contributed by atoms with Gasteiger partial charge in [-0.15, -0.1) is 0 Å². The van der Waals surface area contributed by atoms with Crippen molar-refractivity contribution in [1.29, 1.82) is 0 Å². The van der Waals surface area contributed by atoms with Crippen molar-refractivity contribution < 1.29 is 4.74 Å². The summed E-state index contributed by atoms with van der Waals surface area (Å²) in [5, 5.41) is 9.05. The van der Waals surface area contributed by atoms with Crippen LogP contribution < -0.4 is 0 Å². The topological polar surface area (TPSA) is 30.3 Å². The van der Waals surface area contributed by atoms with E-state index in [4.69, 9.17) is 4.74 Å². The summed E-state index contributed by atoms with van der Waals surface area (Å²) in [6.45, 7) is 7.88. The highest BCUT2D eigenvalue weighted by Crippen LogP contribution is 2.24. The van der Waals surface area contributed by atoms with E-state index >= 15 is 0 Å². The van der Waals surface area contributed by atoms with E-state index in [0.717, 1.165) is 31.7 Å². The maximum absolute atomic E-state index is 5.73. The minimum Gasteiger partial charge on any atom is -0.372 e. The number of thiophene rings is 1. The molecule has 1 aliphatic heterocycles. The van der Waals surface area contributed by atoms with Gasteiger partial charge < -0.3 is 4.74 Å². The van der Waals surface area contributed by atoms with Crippen molar-refractivity contribution in [3.05, 3.63) is 39.3 Å². The zero-order valence-corrected chi connectivity index (χ0v) is 13.8. The molecule has 3 heterocycles. The standard InChI is InChI=1S/C16H23N3OS/c1-12(2)20-10-15-14-4-6-19(8-13-5-7-21-11-13)9-16(14)18(3)17-15/h5,7,11-12H,4,6,8-10H2,1-3H3. The first-order valence-electron chi connectivity index (χ1n) is 7.52. The van der Waals surface area contributed by atoms with Gasteiger partial charge in [0.2, 0.25) is 0 Å². The smallest absolute Gasteiger partial charge is 0.0917 e. The molecule has 3 rings (SSSR count). The van der Waals surface area contributed by atoms with Crippen molar-refractivity contribution in [2.45, 2.75) is 46.1 Å².